The van der Waals surface area contributed by atoms with Gasteiger partial charge in [0, 0.05) is 12.2 Å². The van der Waals surface area contributed by atoms with Crippen molar-refractivity contribution >= 4 is 11.6 Å². The molecule has 1 aliphatic rings. The number of nitrogens with zero attached hydrogens (tertiary/aromatic N) is 3. The molecule has 1 aliphatic carbocycles. The van der Waals surface area contributed by atoms with E-state index in [0.717, 1.165) is 17.4 Å². The van der Waals surface area contributed by atoms with Crippen LogP contribution < -0.4 is 21.3 Å². The van der Waals surface area contributed by atoms with Crippen LogP contribution in [0.1, 0.15) is 24.4 Å². The summed E-state index contributed by atoms with van der Waals surface area (Å²) in [6.07, 6.45) is 2.91. The number of carbonyl (C=O) groups excluding carboxylic acids is 1. The van der Waals surface area contributed by atoms with E-state index in [-0.39, 0.29) is 11.6 Å². The van der Waals surface area contributed by atoms with E-state index in [4.69, 9.17) is 10.00 Å². The van der Waals surface area contributed by atoms with Crippen LogP contribution in [0.15, 0.2) is 40.1 Å². The van der Waals surface area contributed by atoms with Crippen LogP contribution in [0.4, 0.5) is 5.69 Å². The zero-order valence-corrected chi connectivity index (χ0v) is 13.6. The molecule has 1 heterocycles. The number of carbonyl (C=O) groups is 1. The van der Waals surface area contributed by atoms with Crippen molar-refractivity contribution in [3.8, 4) is 11.8 Å². The third-order valence-electron chi connectivity index (χ3n) is 3.94. The highest BCUT2D eigenvalue weighted by atomic mass is 16.5. The lowest BCUT2D eigenvalue weighted by Crippen LogP contribution is -2.43. The summed E-state index contributed by atoms with van der Waals surface area (Å²) in [6.45, 7) is -0.474. The third-order valence-corrected chi connectivity index (χ3v) is 3.94. The molecule has 0 unspecified atom stereocenters. The molecule has 25 heavy (non-hydrogen) atoms. The number of anilines is 1. The molecule has 1 aromatic heterocycles. The number of benzene rings is 1. The Hall–Kier alpha value is -3.34. The van der Waals surface area contributed by atoms with Crippen molar-refractivity contribution in [2.24, 2.45) is 0 Å². The number of hydrogen-bond acceptors (Lipinski definition) is 5. The smallest absolute Gasteiger partial charge is 0.331 e. The molecule has 1 N–H and O–H groups in total. The third kappa shape index (κ3) is 3.30. The van der Waals surface area contributed by atoms with Crippen molar-refractivity contribution in [2.75, 3.05) is 12.4 Å². The molecule has 0 aliphatic heterocycles. The van der Waals surface area contributed by atoms with Gasteiger partial charge in [0.25, 0.3) is 5.56 Å². The molecule has 8 nitrogen and oxygen atoms in total. The Balaban J connectivity index is 1.91. The van der Waals surface area contributed by atoms with Gasteiger partial charge in [-0.25, -0.2) is 9.36 Å². The number of amides is 1. The molecule has 0 spiro atoms. The number of para-hydroxylation sites is 2. The molecule has 128 valence electrons. The summed E-state index contributed by atoms with van der Waals surface area (Å²) >= 11 is 0. The molecular formula is C17H16N4O4. The van der Waals surface area contributed by atoms with E-state index in [0.29, 0.717) is 11.4 Å². The predicted octanol–water partition coefficient (Wildman–Crippen LogP) is 0.864. The molecule has 0 atom stereocenters. The van der Waals surface area contributed by atoms with Crippen molar-refractivity contribution in [1.29, 1.82) is 5.26 Å². The van der Waals surface area contributed by atoms with Gasteiger partial charge in [0.2, 0.25) is 5.91 Å². The highest BCUT2D eigenvalue weighted by Gasteiger charge is 2.27. The van der Waals surface area contributed by atoms with Crippen LogP contribution in [0.5, 0.6) is 5.75 Å². The van der Waals surface area contributed by atoms with Crippen LogP contribution in [-0.2, 0) is 11.3 Å². The van der Waals surface area contributed by atoms with Crippen LogP contribution in [-0.4, -0.2) is 22.2 Å². The second kappa shape index (κ2) is 6.65. The second-order valence-electron chi connectivity index (χ2n) is 5.72. The lowest BCUT2D eigenvalue weighted by Gasteiger charge is -2.12. The number of aromatic nitrogens is 2. The van der Waals surface area contributed by atoms with E-state index in [1.54, 1.807) is 30.3 Å². The summed E-state index contributed by atoms with van der Waals surface area (Å²) in [5.41, 5.74) is -1.07. The fourth-order valence-electron chi connectivity index (χ4n) is 2.53. The van der Waals surface area contributed by atoms with Crippen molar-refractivity contribution in [2.45, 2.75) is 25.4 Å². The average molecular weight is 340 g/mol. The standard InChI is InChI=1S/C17H16N4O4/c1-25-14-5-3-2-4-13(14)19-15(22)10-21-16(23)11(8-18)9-20(17(21)24)12-6-7-12/h2-5,9,12H,6-7,10H2,1H3,(H,19,22). The summed E-state index contributed by atoms with van der Waals surface area (Å²) in [6, 6.07) is 8.57. The number of nitriles is 1. The van der Waals surface area contributed by atoms with Gasteiger partial charge in [-0.2, -0.15) is 5.26 Å². The number of ether oxygens (including phenoxy) is 1. The Kier molecular flexibility index (Phi) is 4.39. The lowest BCUT2D eigenvalue weighted by molar-refractivity contribution is -0.116. The first-order valence-electron chi connectivity index (χ1n) is 7.74. The minimum absolute atomic E-state index is 0.0104. The van der Waals surface area contributed by atoms with Crippen LogP contribution in [0.3, 0.4) is 0 Å². The Morgan fingerprint density at radius 3 is 2.72 bits per heavy atom. The fraction of sp³-hybridized carbons (Fsp3) is 0.294. The summed E-state index contributed by atoms with van der Waals surface area (Å²) in [7, 11) is 1.47. The number of nitrogens with one attached hydrogen (secondary N) is 1. The summed E-state index contributed by atoms with van der Waals surface area (Å²) in [5, 5.41) is 11.7. The first kappa shape index (κ1) is 16.5. The zero-order valence-electron chi connectivity index (χ0n) is 13.6. The van der Waals surface area contributed by atoms with Crippen LogP contribution in [0.2, 0.25) is 0 Å². The van der Waals surface area contributed by atoms with Gasteiger partial charge in [0.1, 0.15) is 23.9 Å². The summed E-state index contributed by atoms with van der Waals surface area (Å²) in [5.74, 6) is -0.0921. The first-order valence-corrected chi connectivity index (χ1v) is 7.74. The van der Waals surface area contributed by atoms with E-state index >= 15 is 0 Å². The number of hydrogen-bond donors (Lipinski definition) is 1. The monoisotopic (exact) mass is 340 g/mol. The Morgan fingerprint density at radius 1 is 1.36 bits per heavy atom. The molecule has 2 aromatic rings. The number of methoxy groups -OCH3 is 1. The van der Waals surface area contributed by atoms with E-state index < -0.39 is 23.7 Å². The van der Waals surface area contributed by atoms with E-state index in [2.05, 4.69) is 5.32 Å². The van der Waals surface area contributed by atoms with Gasteiger partial charge in [-0.1, -0.05) is 12.1 Å². The molecule has 0 saturated heterocycles. The molecule has 1 amide bonds. The molecule has 3 rings (SSSR count). The normalized spacial score (nSPS) is 13.1. The maximum Gasteiger partial charge on any atom is 0.331 e. The van der Waals surface area contributed by atoms with Gasteiger partial charge in [0.05, 0.1) is 12.8 Å². The molecule has 1 fully saturated rings. The van der Waals surface area contributed by atoms with Crippen molar-refractivity contribution in [3.63, 3.8) is 0 Å². The molecule has 1 aromatic carbocycles. The molecular weight excluding hydrogens is 324 g/mol. The van der Waals surface area contributed by atoms with Gasteiger partial charge < -0.3 is 10.1 Å². The van der Waals surface area contributed by atoms with Crippen molar-refractivity contribution in [1.82, 2.24) is 9.13 Å². The second-order valence-corrected chi connectivity index (χ2v) is 5.72. The molecule has 1 saturated carbocycles. The first-order chi connectivity index (χ1) is 12.0. The summed E-state index contributed by atoms with van der Waals surface area (Å²) < 4.78 is 7.30. The fourth-order valence-corrected chi connectivity index (χ4v) is 2.53. The Labute approximate surface area is 142 Å². The maximum atomic E-state index is 12.5. The average Bonchev–Trinajstić information content (AvgIpc) is 3.44. The van der Waals surface area contributed by atoms with Gasteiger partial charge in [-0.05, 0) is 25.0 Å². The van der Waals surface area contributed by atoms with Gasteiger partial charge >= 0.3 is 5.69 Å². The number of rotatable bonds is 5. The van der Waals surface area contributed by atoms with Crippen LogP contribution in [0.25, 0.3) is 0 Å². The van der Waals surface area contributed by atoms with Gasteiger partial charge in [-0.15, -0.1) is 0 Å². The van der Waals surface area contributed by atoms with Crippen molar-refractivity contribution in [3.05, 3.63) is 56.9 Å². The zero-order chi connectivity index (χ0) is 18.0. The van der Waals surface area contributed by atoms with E-state index in [1.807, 2.05) is 0 Å². The maximum absolute atomic E-state index is 12.5. The largest absolute Gasteiger partial charge is 0.495 e. The molecule has 8 heteroatoms. The Morgan fingerprint density at radius 2 is 2.08 bits per heavy atom. The highest BCUT2D eigenvalue weighted by Crippen LogP contribution is 2.33. The van der Waals surface area contributed by atoms with E-state index in [1.165, 1.54) is 17.9 Å². The van der Waals surface area contributed by atoms with Gasteiger partial charge in [-0.3, -0.25) is 14.2 Å². The molecule has 0 bridgehead atoms. The predicted molar refractivity (Wildman–Crippen MR) is 89.6 cm³/mol. The molecule has 0 radical (unpaired) electrons. The van der Waals surface area contributed by atoms with Crippen LogP contribution in [0, 0.1) is 11.3 Å². The summed E-state index contributed by atoms with van der Waals surface area (Å²) in [4.78, 5) is 37.0. The Bertz CT molecular complexity index is 979. The minimum Gasteiger partial charge on any atom is -0.495 e. The quantitative estimate of drug-likeness (QED) is 0.869. The van der Waals surface area contributed by atoms with Gasteiger partial charge in [0.15, 0.2) is 0 Å². The van der Waals surface area contributed by atoms with E-state index in [9.17, 15) is 14.4 Å². The lowest BCUT2D eigenvalue weighted by atomic mass is 10.3. The topological polar surface area (TPSA) is 106 Å². The highest BCUT2D eigenvalue weighted by molar-refractivity contribution is 5.92. The SMILES string of the molecule is COc1ccccc1NC(=O)Cn1c(=O)c(C#N)cn(C2CC2)c1=O. The van der Waals surface area contributed by atoms with Crippen LogP contribution >= 0.6 is 0 Å². The van der Waals surface area contributed by atoms with Crippen molar-refractivity contribution < 1.29 is 9.53 Å². The minimum atomic E-state index is -0.764.